The summed E-state index contributed by atoms with van der Waals surface area (Å²) in [6, 6.07) is 7.68. The minimum absolute atomic E-state index is 0.0740. The number of carbonyl (C=O) groups excluding carboxylic acids is 1. The van der Waals surface area contributed by atoms with Gasteiger partial charge in [0, 0.05) is 10.9 Å². The van der Waals surface area contributed by atoms with Crippen molar-refractivity contribution in [1.82, 2.24) is 0 Å². The van der Waals surface area contributed by atoms with E-state index < -0.39 is 0 Å². The van der Waals surface area contributed by atoms with Gasteiger partial charge in [0.2, 0.25) is 0 Å². The molecule has 0 radical (unpaired) electrons. The fraction of sp³-hybridized carbons (Fsp3) is 0.273. The third-order valence-corrected chi connectivity index (χ3v) is 2.36. The van der Waals surface area contributed by atoms with Crippen molar-refractivity contribution in [2.45, 2.75) is 6.92 Å². The van der Waals surface area contributed by atoms with E-state index in [1.54, 1.807) is 5.37 Å². The van der Waals surface area contributed by atoms with Crippen molar-refractivity contribution in [2.75, 3.05) is 12.5 Å². The predicted octanol–water partition coefficient (Wildman–Crippen LogP) is 2.51. The summed E-state index contributed by atoms with van der Waals surface area (Å²) in [6.07, 6.45) is 4.07. The smallest absolute Gasteiger partial charge is 0.191 e. The van der Waals surface area contributed by atoms with Gasteiger partial charge in [-0.05, 0) is 19.4 Å². The standard InChI is InChI=1S/C11H14OS/c1-9-4-6-10(7-5-9)11(12)8-13(2)3/h4-8H,1-3H3. The van der Waals surface area contributed by atoms with E-state index in [-0.39, 0.29) is 16.3 Å². The van der Waals surface area contributed by atoms with Crippen LogP contribution < -0.4 is 0 Å². The van der Waals surface area contributed by atoms with Gasteiger partial charge in [0.25, 0.3) is 0 Å². The minimum atomic E-state index is 0.0740. The fourth-order valence-corrected chi connectivity index (χ4v) is 1.56. The average Bonchev–Trinajstić information content (AvgIpc) is 2.04. The van der Waals surface area contributed by atoms with Crippen LogP contribution in [0.25, 0.3) is 0 Å². The van der Waals surface area contributed by atoms with Crippen LogP contribution in [0, 0.1) is 6.92 Å². The van der Waals surface area contributed by atoms with E-state index in [4.69, 9.17) is 0 Å². The molecule has 1 aromatic rings. The quantitative estimate of drug-likeness (QED) is 0.522. The Labute approximate surface area is 81.7 Å². The van der Waals surface area contributed by atoms with Crippen molar-refractivity contribution in [3.05, 3.63) is 35.4 Å². The molecule has 0 aliphatic carbocycles. The Morgan fingerprint density at radius 2 is 1.77 bits per heavy atom. The molecular formula is C11H14OS. The Balaban J connectivity index is 2.90. The molecule has 13 heavy (non-hydrogen) atoms. The molecule has 1 rings (SSSR count). The number of rotatable bonds is 2. The molecule has 0 N–H and O–H groups in total. The predicted molar refractivity (Wildman–Crippen MR) is 61.0 cm³/mol. The van der Waals surface area contributed by atoms with Crippen LogP contribution in [0.15, 0.2) is 24.3 Å². The second-order valence-electron chi connectivity index (χ2n) is 3.23. The number of ketones is 1. The van der Waals surface area contributed by atoms with Crippen LogP contribution >= 0.6 is 10.5 Å². The van der Waals surface area contributed by atoms with E-state index in [2.05, 4.69) is 0 Å². The summed E-state index contributed by atoms with van der Waals surface area (Å²) >= 11 is 0. The molecule has 1 nitrogen and oxygen atoms in total. The van der Waals surface area contributed by atoms with E-state index in [1.807, 2.05) is 43.7 Å². The second kappa shape index (κ2) is 4.38. The first-order valence-corrected chi connectivity index (χ1v) is 6.22. The zero-order valence-corrected chi connectivity index (χ0v) is 9.02. The van der Waals surface area contributed by atoms with Gasteiger partial charge in [0.1, 0.15) is 0 Å². The first-order chi connectivity index (χ1) is 6.09. The van der Waals surface area contributed by atoms with Crippen LogP contribution in [-0.2, 0) is 0 Å². The first-order valence-electron chi connectivity index (χ1n) is 4.12. The van der Waals surface area contributed by atoms with E-state index in [0.717, 1.165) is 5.56 Å². The normalized spacial score (nSPS) is 10.2. The summed E-state index contributed by atoms with van der Waals surface area (Å²) in [6.45, 7) is 2.02. The molecule has 0 aliphatic rings. The molecule has 0 atom stereocenters. The second-order valence-corrected chi connectivity index (χ2v) is 5.22. The van der Waals surface area contributed by atoms with Crippen molar-refractivity contribution in [3.8, 4) is 0 Å². The third kappa shape index (κ3) is 3.15. The minimum Gasteiger partial charge on any atom is -0.289 e. The summed E-state index contributed by atoms with van der Waals surface area (Å²) in [5.41, 5.74) is 1.97. The van der Waals surface area contributed by atoms with Gasteiger partial charge in [-0.15, -0.1) is 0 Å². The third-order valence-electron chi connectivity index (χ3n) is 1.68. The van der Waals surface area contributed by atoms with Crippen LogP contribution in [0.4, 0.5) is 0 Å². The molecule has 0 aromatic heterocycles. The van der Waals surface area contributed by atoms with Crippen LogP contribution in [0.1, 0.15) is 15.9 Å². The number of hydrogen-bond donors (Lipinski definition) is 0. The Bertz CT molecular complexity index is 332. The Morgan fingerprint density at radius 3 is 2.23 bits per heavy atom. The van der Waals surface area contributed by atoms with Gasteiger partial charge >= 0.3 is 0 Å². The molecule has 0 spiro atoms. The van der Waals surface area contributed by atoms with E-state index in [0.29, 0.717) is 0 Å². The average molecular weight is 194 g/mol. The van der Waals surface area contributed by atoms with Gasteiger partial charge in [-0.25, -0.2) is 0 Å². The lowest BCUT2D eigenvalue weighted by Crippen LogP contribution is -1.99. The summed E-state index contributed by atoms with van der Waals surface area (Å²) < 4.78 is 0. The zero-order chi connectivity index (χ0) is 9.84. The number of carbonyl (C=O) groups is 1. The van der Waals surface area contributed by atoms with Crippen LogP contribution in [0.5, 0.6) is 0 Å². The maximum Gasteiger partial charge on any atom is 0.191 e. The number of hydrogen-bond acceptors (Lipinski definition) is 1. The largest absolute Gasteiger partial charge is 0.289 e. The highest BCUT2D eigenvalue weighted by molar-refractivity contribution is 8.14. The zero-order valence-electron chi connectivity index (χ0n) is 8.20. The Kier molecular flexibility index (Phi) is 3.43. The van der Waals surface area contributed by atoms with E-state index in [1.165, 1.54) is 5.56 Å². The van der Waals surface area contributed by atoms with Gasteiger partial charge in [-0.3, -0.25) is 4.79 Å². The SMILES string of the molecule is Cc1ccc(C(=O)C=S(C)C)cc1. The molecule has 1 aromatic carbocycles. The lowest BCUT2D eigenvalue weighted by Gasteiger charge is -1.97. The molecule has 0 amide bonds. The molecule has 0 bridgehead atoms. The lowest BCUT2D eigenvalue weighted by molar-refractivity contribution is 0.107. The van der Waals surface area contributed by atoms with E-state index >= 15 is 0 Å². The molecule has 0 saturated carbocycles. The maximum absolute atomic E-state index is 11.5. The van der Waals surface area contributed by atoms with Crippen molar-refractivity contribution in [3.63, 3.8) is 0 Å². The van der Waals surface area contributed by atoms with Crippen molar-refractivity contribution >= 4 is 21.6 Å². The summed E-state index contributed by atoms with van der Waals surface area (Å²) in [5, 5.41) is 1.77. The monoisotopic (exact) mass is 194 g/mol. The van der Waals surface area contributed by atoms with Crippen molar-refractivity contribution in [2.24, 2.45) is 0 Å². The highest BCUT2D eigenvalue weighted by atomic mass is 32.2. The van der Waals surface area contributed by atoms with E-state index in [9.17, 15) is 4.79 Å². The Hall–Kier alpha value is -0.890. The highest BCUT2D eigenvalue weighted by Gasteiger charge is 2.00. The summed E-state index contributed by atoms with van der Waals surface area (Å²) in [7, 11) is 0.0740. The molecule has 0 heterocycles. The molecule has 0 saturated heterocycles. The van der Waals surface area contributed by atoms with Gasteiger partial charge in [-0.2, -0.15) is 10.5 Å². The van der Waals surface area contributed by atoms with Gasteiger partial charge < -0.3 is 0 Å². The highest BCUT2D eigenvalue weighted by Crippen LogP contribution is 2.05. The molecule has 2 heteroatoms. The molecule has 70 valence electrons. The maximum atomic E-state index is 11.5. The first kappa shape index (κ1) is 10.2. The molecule has 0 fully saturated rings. The van der Waals surface area contributed by atoms with Crippen molar-refractivity contribution in [1.29, 1.82) is 0 Å². The van der Waals surface area contributed by atoms with Crippen LogP contribution in [0.2, 0.25) is 0 Å². The number of aryl methyl sites for hydroxylation is 1. The van der Waals surface area contributed by atoms with Crippen LogP contribution in [-0.4, -0.2) is 23.7 Å². The van der Waals surface area contributed by atoms with Crippen LogP contribution in [0.3, 0.4) is 0 Å². The number of Topliss-reactive ketones (excluding diaryl/α,β-unsaturated/α-hetero) is 1. The van der Waals surface area contributed by atoms with Gasteiger partial charge in [0.05, 0.1) is 0 Å². The van der Waals surface area contributed by atoms with Crippen molar-refractivity contribution < 1.29 is 4.79 Å². The molecule has 0 unspecified atom stereocenters. The topological polar surface area (TPSA) is 17.1 Å². The fourth-order valence-electron chi connectivity index (χ4n) is 1.000. The summed E-state index contributed by atoms with van der Waals surface area (Å²) in [4.78, 5) is 11.5. The summed E-state index contributed by atoms with van der Waals surface area (Å²) in [5.74, 6) is 0.133. The van der Waals surface area contributed by atoms with Gasteiger partial charge in [-0.1, -0.05) is 29.8 Å². The Morgan fingerprint density at radius 1 is 1.23 bits per heavy atom. The molecule has 0 aliphatic heterocycles. The lowest BCUT2D eigenvalue weighted by atomic mass is 10.1. The van der Waals surface area contributed by atoms with Gasteiger partial charge in [0.15, 0.2) is 5.78 Å². The molecular weight excluding hydrogens is 180 g/mol. The number of benzene rings is 1.